The molecule has 0 unspecified atom stereocenters. The molecule has 0 bridgehead atoms. The first-order chi connectivity index (χ1) is 6.95. The Balaban J connectivity index is 2.36. The van der Waals surface area contributed by atoms with Crippen molar-refractivity contribution < 1.29 is 0 Å². The van der Waals surface area contributed by atoms with Crippen LogP contribution in [0.2, 0.25) is 0 Å². The minimum Gasteiger partial charge on any atom is -0.0649 e. The van der Waals surface area contributed by atoms with Gasteiger partial charge in [-0.25, -0.2) is 0 Å². The molecular formula is C15H29. The number of hydrogen-bond acceptors (Lipinski definition) is 0. The first kappa shape index (κ1) is 13.1. The van der Waals surface area contributed by atoms with E-state index in [9.17, 15) is 0 Å². The third kappa shape index (κ3) is 3.81. The molecule has 0 atom stereocenters. The van der Waals surface area contributed by atoms with Crippen molar-refractivity contribution in [2.75, 3.05) is 0 Å². The van der Waals surface area contributed by atoms with Crippen molar-refractivity contribution >= 4 is 0 Å². The summed E-state index contributed by atoms with van der Waals surface area (Å²) in [5.41, 5.74) is 0.579. The molecule has 0 aromatic rings. The van der Waals surface area contributed by atoms with Crippen molar-refractivity contribution in [1.82, 2.24) is 0 Å². The first-order valence-corrected chi connectivity index (χ1v) is 6.74. The predicted octanol–water partition coefficient (Wildman–Crippen LogP) is 5.23. The molecule has 1 saturated carbocycles. The van der Waals surface area contributed by atoms with E-state index >= 15 is 0 Å². The fraction of sp³-hybridized carbons (Fsp3) is 0.933. The number of hydrogen-bond donors (Lipinski definition) is 0. The molecule has 0 heteroatoms. The summed E-state index contributed by atoms with van der Waals surface area (Å²) in [7, 11) is 0. The van der Waals surface area contributed by atoms with Crippen LogP contribution in [0.3, 0.4) is 0 Å². The molecule has 1 fully saturated rings. The van der Waals surface area contributed by atoms with Gasteiger partial charge in [0.2, 0.25) is 0 Å². The van der Waals surface area contributed by atoms with Crippen molar-refractivity contribution in [3.8, 4) is 0 Å². The molecule has 0 spiro atoms. The lowest BCUT2D eigenvalue weighted by atomic mass is 9.67. The molecule has 1 rings (SSSR count). The molecule has 0 nitrogen and oxygen atoms in total. The van der Waals surface area contributed by atoms with E-state index in [1.807, 2.05) is 0 Å². The third-order valence-electron chi connectivity index (χ3n) is 4.56. The Kier molecular flexibility index (Phi) is 4.67. The van der Waals surface area contributed by atoms with Gasteiger partial charge in [0.15, 0.2) is 0 Å². The Labute approximate surface area is 96.8 Å². The lowest BCUT2D eigenvalue weighted by molar-refractivity contribution is 0.127. The molecule has 0 aromatic carbocycles. The maximum absolute atomic E-state index is 2.45. The standard InChI is InChI=1S/C15H29/c1-6-15(4,5)14-9-7-13(8-10-14)11-12(2)3/h13-14H,6-11H2,1-5H3. The monoisotopic (exact) mass is 209 g/mol. The normalized spacial score (nSPS) is 28.4. The Morgan fingerprint density at radius 1 is 1.07 bits per heavy atom. The van der Waals surface area contributed by atoms with Gasteiger partial charge in [-0.2, -0.15) is 0 Å². The van der Waals surface area contributed by atoms with Crippen LogP contribution in [0.5, 0.6) is 0 Å². The summed E-state index contributed by atoms with van der Waals surface area (Å²) in [6, 6.07) is 0. The van der Waals surface area contributed by atoms with E-state index in [0.717, 1.165) is 11.8 Å². The van der Waals surface area contributed by atoms with Gasteiger partial charge >= 0.3 is 0 Å². The van der Waals surface area contributed by atoms with Gasteiger partial charge in [0, 0.05) is 0 Å². The summed E-state index contributed by atoms with van der Waals surface area (Å²) in [6.45, 7) is 11.8. The van der Waals surface area contributed by atoms with Crippen LogP contribution in [0.25, 0.3) is 0 Å². The molecule has 0 aliphatic heterocycles. The molecule has 0 N–H and O–H groups in total. The van der Waals surface area contributed by atoms with Gasteiger partial charge in [0.1, 0.15) is 0 Å². The minimum atomic E-state index is 0.579. The molecule has 1 aliphatic carbocycles. The molecule has 0 heterocycles. The maximum atomic E-state index is 2.45. The van der Waals surface area contributed by atoms with Crippen LogP contribution in [0.4, 0.5) is 0 Å². The quantitative estimate of drug-likeness (QED) is 0.594. The van der Waals surface area contributed by atoms with Gasteiger partial charge in [0.05, 0.1) is 0 Å². The molecular weight excluding hydrogens is 180 g/mol. The van der Waals surface area contributed by atoms with Crippen molar-refractivity contribution in [2.45, 2.75) is 73.1 Å². The second-order valence-corrected chi connectivity index (χ2v) is 6.47. The highest BCUT2D eigenvalue weighted by Gasteiger charge is 2.31. The maximum Gasteiger partial charge on any atom is -0.0300 e. The van der Waals surface area contributed by atoms with Crippen LogP contribution in [0.1, 0.15) is 73.1 Å². The molecule has 0 amide bonds. The lowest BCUT2D eigenvalue weighted by Gasteiger charge is -2.39. The Morgan fingerprint density at radius 2 is 1.60 bits per heavy atom. The average Bonchev–Trinajstić information content (AvgIpc) is 2.18. The third-order valence-corrected chi connectivity index (χ3v) is 4.56. The average molecular weight is 209 g/mol. The Hall–Kier alpha value is 0. The molecule has 0 saturated heterocycles. The van der Waals surface area contributed by atoms with Crippen LogP contribution in [0.15, 0.2) is 0 Å². The van der Waals surface area contributed by atoms with Crippen molar-refractivity contribution in [3.63, 3.8) is 0 Å². The van der Waals surface area contributed by atoms with Gasteiger partial charge in [-0.3, -0.25) is 0 Å². The van der Waals surface area contributed by atoms with Crippen LogP contribution >= 0.6 is 0 Å². The highest BCUT2D eigenvalue weighted by Crippen LogP contribution is 2.43. The summed E-state index contributed by atoms with van der Waals surface area (Å²) in [5.74, 6) is 3.60. The Morgan fingerprint density at radius 3 is 2.00 bits per heavy atom. The zero-order valence-electron chi connectivity index (χ0n) is 11.4. The highest BCUT2D eigenvalue weighted by molar-refractivity contribution is 4.87. The topological polar surface area (TPSA) is 0 Å². The summed E-state index contributed by atoms with van der Waals surface area (Å²) in [6.07, 6.45) is 8.59. The summed E-state index contributed by atoms with van der Waals surface area (Å²) >= 11 is 0. The zero-order valence-corrected chi connectivity index (χ0v) is 11.4. The van der Waals surface area contributed by atoms with Crippen molar-refractivity contribution in [1.29, 1.82) is 0 Å². The smallest absolute Gasteiger partial charge is 0.0300 e. The fourth-order valence-electron chi connectivity index (χ4n) is 3.01. The molecule has 89 valence electrons. The Bertz CT molecular complexity index is 170. The number of rotatable bonds is 4. The lowest BCUT2D eigenvalue weighted by Crippen LogP contribution is -2.28. The van der Waals surface area contributed by atoms with E-state index in [4.69, 9.17) is 0 Å². The molecule has 0 aromatic heterocycles. The van der Waals surface area contributed by atoms with E-state index in [-0.39, 0.29) is 0 Å². The van der Waals surface area contributed by atoms with Crippen LogP contribution < -0.4 is 0 Å². The predicted molar refractivity (Wildman–Crippen MR) is 68.7 cm³/mol. The molecule has 1 radical (unpaired) electrons. The van der Waals surface area contributed by atoms with E-state index in [1.165, 1.54) is 38.5 Å². The fourth-order valence-corrected chi connectivity index (χ4v) is 3.01. The van der Waals surface area contributed by atoms with E-state index in [0.29, 0.717) is 5.41 Å². The summed E-state index contributed by atoms with van der Waals surface area (Å²) < 4.78 is 0. The van der Waals surface area contributed by atoms with Gasteiger partial charge < -0.3 is 0 Å². The van der Waals surface area contributed by atoms with Crippen LogP contribution in [-0.4, -0.2) is 0 Å². The van der Waals surface area contributed by atoms with Gasteiger partial charge in [-0.1, -0.05) is 53.9 Å². The largest absolute Gasteiger partial charge is 0.0649 e. The second kappa shape index (κ2) is 5.37. The van der Waals surface area contributed by atoms with Gasteiger partial charge in [-0.15, -0.1) is 0 Å². The van der Waals surface area contributed by atoms with E-state index < -0.39 is 0 Å². The zero-order chi connectivity index (χ0) is 11.5. The van der Waals surface area contributed by atoms with E-state index in [2.05, 4.69) is 34.6 Å². The summed E-state index contributed by atoms with van der Waals surface area (Å²) in [4.78, 5) is 0. The first-order valence-electron chi connectivity index (χ1n) is 6.74. The van der Waals surface area contributed by atoms with Crippen LogP contribution in [0, 0.1) is 23.2 Å². The van der Waals surface area contributed by atoms with Crippen LogP contribution in [-0.2, 0) is 0 Å². The van der Waals surface area contributed by atoms with Gasteiger partial charge in [0.25, 0.3) is 0 Å². The molecule has 1 aliphatic rings. The van der Waals surface area contributed by atoms with Gasteiger partial charge in [-0.05, 0) is 42.4 Å². The summed E-state index contributed by atoms with van der Waals surface area (Å²) in [5, 5.41) is 0. The van der Waals surface area contributed by atoms with Crippen molar-refractivity contribution in [2.24, 2.45) is 17.3 Å². The van der Waals surface area contributed by atoms with E-state index in [1.54, 1.807) is 5.92 Å². The SMILES string of the molecule is CCC(C)(C)C1CCC(C[C](C)C)CC1. The van der Waals surface area contributed by atoms with Crippen molar-refractivity contribution in [3.05, 3.63) is 5.92 Å². The second-order valence-electron chi connectivity index (χ2n) is 6.47. The minimum absolute atomic E-state index is 0.579. The highest BCUT2D eigenvalue weighted by atomic mass is 14.4. The molecule has 15 heavy (non-hydrogen) atoms.